The van der Waals surface area contributed by atoms with Crippen LogP contribution in [0.5, 0.6) is 11.5 Å². The SMILES string of the molecule is Cn1cnnc1CNCC(O)c1ccc2c(c1)OCO2. The fourth-order valence-corrected chi connectivity index (χ4v) is 2.03. The van der Waals surface area contributed by atoms with Crippen molar-refractivity contribution in [1.82, 2.24) is 20.1 Å². The molecule has 0 aliphatic carbocycles. The molecule has 2 heterocycles. The van der Waals surface area contributed by atoms with Gasteiger partial charge in [0.25, 0.3) is 0 Å². The van der Waals surface area contributed by atoms with E-state index in [1.54, 1.807) is 12.4 Å². The van der Waals surface area contributed by atoms with Crippen molar-refractivity contribution in [3.63, 3.8) is 0 Å². The van der Waals surface area contributed by atoms with Crippen molar-refractivity contribution in [3.05, 3.63) is 35.9 Å². The molecule has 2 N–H and O–H groups in total. The van der Waals surface area contributed by atoms with E-state index >= 15 is 0 Å². The van der Waals surface area contributed by atoms with Crippen LogP contribution in [0.15, 0.2) is 24.5 Å². The maximum absolute atomic E-state index is 10.1. The molecule has 0 saturated carbocycles. The molecule has 0 bridgehead atoms. The Bertz CT molecular complexity index is 599. The van der Waals surface area contributed by atoms with E-state index in [0.717, 1.165) is 11.4 Å². The van der Waals surface area contributed by atoms with Gasteiger partial charge in [-0.3, -0.25) is 0 Å². The number of nitrogens with one attached hydrogen (secondary N) is 1. The number of aromatic nitrogens is 3. The Hall–Kier alpha value is -2.12. The molecule has 2 aromatic rings. The Morgan fingerprint density at radius 3 is 3.05 bits per heavy atom. The smallest absolute Gasteiger partial charge is 0.231 e. The third-order valence-electron chi connectivity index (χ3n) is 3.21. The van der Waals surface area contributed by atoms with Gasteiger partial charge in [-0.2, -0.15) is 0 Å². The molecule has 0 spiro atoms. The molecule has 0 amide bonds. The number of aliphatic hydroxyl groups excluding tert-OH is 1. The van der Waals surface area contributed by atoms with Crippen molar-refractivity contribution < 1.29 is 14.6 Å². The fourth-order valence-electron chi connectivity index (χ4n) is 2.03. The lowest BCUT2D eigenvalue weighted by molar-refractivity contribution is 0.170. The quantitative estimate of drug-likeness (QED) is 0.821. The minimum atomic E-state index is -0.613. The van der Waals surface area contributed by atoms with Crippen LogP contribution in [0.2, 0.25) is 0 Å². The first kappa shape index (κ1) is 12.9. The predicted octanol–water partition coefficient (Wildman–Crippen LogP) is 0.367. The molecule has 1 unspecified atom stereocenters. The molecule has 1 atom stereocenters. The number of benzene rings is 1. The van der Waals surface area contributed by atoms with E-state index in [0.29, 0.717) is 24.6 Å². The summed E-state index contributed by atoms with van der Waals surface area (Å²) in [5, 5.41) is 21.1. The van der Waals surface area contributed by atoms with Crippen molar-refractivity contribution in [1.29, 1.82) is 0 Å². The van der Waals surface area contributed by atoms with E-state index < -0.39 is 6.10 Å². The predicted molar refractivity (Wildman–Crippen MR) is 70.2 cm³/mol. The highest BCUT2D eigenvalue weighted by Gasteiger charge is 2.16. The second kappa shape index (κ2) is 5.48. The number of hydrogen-bond donors (Lipinski definition) is 2. The minimum Gasteiger partial charge on any atom is -0.454 e. The lowest BCUT2D eigenvalue weighted by Crippen LogP contribution is -2.22. The lowest BCUT2D eigenvalue weighted by atomic mass is 10.1. The maximum atomic E-state index is 10.1. The summed E-state index contributed by atoms with van der Waals surface area (Å²) in [6.45, 7) is 1.21. The molecule has 1 aromatic carbocycles. The third-order valence-corrected chi connectivity index (χ3v) is 3.21. The monoisotopic (exact) mass is 276 g/mol. The molecule has 1 aliphatic rings. The van der Waals surface area contributed by atoms with Crippen LogP contribution < -0.4 is 14.8 Å². The van der Waals surface area contributed by atoms with Gasteiger partial charge >= 0.3 is 0 Å². The number of ether oxygens (including phenoxy) is 2. The molecule has 0 fully saturated rings. The van der Waals surface area contributed by atoms with Gasteiger partial charge in [-0.1, -0.05) is 6.07 Å². The third kappa shape index (κ3) is 2.59. The molecule has 1 aliphatic heterocycles. The normalized spacial score (nSPS) is 14.5. The summed E-state index contributed by atoms with van der Waals surface area (Å²) in [5.74, 6) is 2.21. The average Bonchev–Trinajstić information content (AvgIpc) is 3.07. The van der Waals surface area contributed by atoms with Gasteiger partial charge in [0.15, 0.2) is 11.5 Å². The first-order chi connectivity index (χ1) is 9.74. The van der Waals surface area contributed by atoms with Crippen LogP contribution in [0.4, 0.5) is 0 Å². The molecule has 7 heteroatoms. The number of nitrogens with zero attached hydrogens (tertiary/aromatic N) is 3. The molecule has 3 rings (SSSR count). The first-order valence-electron chi connectivity index (χ1n) is 6.35. The van der Waals surface area contributed by atoms with E-state index in [1.807, 2.05) is 23.7 Å². The van der Waals surface area contributed by atoms with Crippen molar-refractivity contribution in [2.24, 2.45) is 7.05 Å². The number of rotatable bonds is 5. The lowest BCUT2D eigenvalue weighted by Gasteiger charge is -2.12. The van der Waals surface area contributed by atoms with Gasteiger partial charge in [-0.05, 0) is 17.7 Å². The Kier molecular flexibility index (Phi) is 3.53. The standard InChI is InChI=1S/C13H16N4O3/c1-17-7-15-16-13(17)6-14-5-10(18)9-2-3-11-12(4-9)20-8-19-11/h2-4,7,10,14,18H,5-6,8H2,1H3. The number of aliphatic hydroxyl groups is 1. The number of hydrogen-bond acceptors (Lipinski definition) is 6. The van der Waals surface area contributed by atoms with E-state index in [-0.39, 0.29) is 6.79 Å². The van der Waals surface area contributed by atoms with Crippen molar-refractivity contribution in [2.75, 3.05) is 13.3 Å². The van der Waals surface area contributed by atoms with Gasteiger partial charge in [0.2, 0.25) is 6.79 Å². The molecule has 20 heavy (non-hydrogen) atoms. The van der Waals surface area contributed by atoms with Crippen LogP contribution in [-0.4, -0.2) is 33.2 Å². The van der Waals surface area contributed by atoms with Crippen LogP contribution in [-0.2, 0) is 13.6 Å². The second-order valence-corrected chi connectivity index (χ2v) is 4.62. The van der Waals surface area contributed by atoms with E-state index in [9.17, 15) is 5.11 Å². The highest BCUT2D eigenvalue weighted by molar-refractivity contribution is 5.45. The van der Waals surface area contributed by atoms with E-state index in [2.05, 4.69) is 15.5 Å². The van der Waals surface area contributed by atoms with Gasteiger partial charge in [-0.15, -0.1) is 10.2 Å². The summed E-state index contributed by atoms with van der Waals surface area (Å²) < 4.78 is 12.4. The largest absolute Gasteiger partial charge is 0.454 e. The Balaban J connectivity index is 1.56. The first-order valence-corrected chi connectivity index (χ1v) is 6.35. The summed E-state index contributed by atoms with van der Waals surface area (Å²) in [7, 11) is 1.88. The summed E-state index contributed by atoms with van der Waals surface area (Å²) in [4.78, 5) is 0. The van der Waals surface area contributed by atoms with Crippen molar-refractivity contribution in [2.45, 2.75) is 12.6 Å². The second-order valence-electron chi connectivity index (χ2n) is 4.62. The fraction of sp³-hybridized carbons (Fsp3) is 0.385. The molecule has 7 nitrogen and oxygen atoms in total. The van der Waals surface area contributed by atoms with Crippen LogP contribution in [0.1, 0.15) is 17.5 Å². The van der Waals surface area contributed by atoms with Gasteiger partial charge in [0.05, 0.1) is 12.6 Å². The van der Waals surface area contributed by atoms with E-state index in [4.69, 9.17) is 9.47 Å². The van der Waals surface area contributed by atoms with E-state index in [1.165, 1.54) is 0 Å². The Morgan fingerprint density at radius 2 is 2.25 bits per heavy atom. The van der Waals surface area contributed by atoms with Crippen molar-refractivity contribution in [3.8, 4) is 11.5 Å². The summed E-state index contributed by atoms with van der Waals surface area (Å²) in [6, 6.07) is 5.45. The number of aryl methyl sites for hydroxylation is 1. The Morgan fingerprint density at radius 1 is 1.40 bits per heavy atom. The molecule has 106 valence electrons. The molecular weight excluding hydrogens is 260 g/mol. The molecule has 0 saturated heterocycles. The number of fused-ring (bicyclic) bond motifs is 1. The molecule has 1 aromatic heterocycles. The van der Waals surface area contributed by atoms with Crippen LogP contribution >= 0.6 is 0 Å². The summed E-state index contributed by atoms with van der Waals surface area (Å²) in [5.41, 5.74) is 0.791. The van der Waals surface area contributed by atoms with Crippen LogP contribution in [0.25, 0.3) is 0 Å². The van der Waals surface area contributed by atoms with Gasteiger partial charge in [-0.25, -0.2) is 0 Å². The van der Waals surface area contributed by atoms with Crippen LogP contribution in [0, 0.1) is 0 Å². The highest BCUT2D eigenvalue weighted by Crippen LogP contribution is 2.34. The minimum absolute atomic E-state index is 0.235. The van der Waals surface area contributed by atoms with Gasteiger partial charge in [0, 0.05) is 13.6 Å². The zero-order chi connectivity index (χ0) is 13.9. The maximum Gasteiger partial charge on any atom is 0.231 e. The van der Waals surface area contributed by atoms with Crippen LogP contribution in [0.3, 0.4) is 0 Å². The zero-order valence-electron chi connectivity index (χ0n) is 11.1. The zero-order valence-corrected chi connectivity index (χ0v) is 11.1. The van der Waals surface area contributed by atoms with Crippen molar-refractivity contribution >= 4 is 0 Å². The van der Waals surface area contributed by atoms with Gasteiger partial charge in [0.1, 0.15) is 12.2 Å². The molecular formula is C13H16N4O3. The summed E-state index contributed by atoms with van der Waals surface area (Å²) in [6.07, 6.45) is 1.03. The highest BCUT2D eigenvalue weighted by atomic mass is 16.7. The molecule has 0 radical (unpaired) electrons. The topological polar surface area (TPSA) is 81.4 Å². The van der Waals surface area contributed by atoms with Gasteiger partial charge < -0.3 is 24.5 Å². The summed E-state index contributed by atoms with van der Waals surface area (Å²) >= 11 is 0. The average molecular weight is 276 g/mol. The Labute approximate surface area is 116 Å².